The molecule has 1 fully saturated rings. The van der Waals surface area contributed by atoms with Gasteiger partial charge in [-0.1, -0.05) is 0 Å². The van der Waals surface area contributed by atoms with Gasteiger partial charge < -0.3 is 10.5 Å². The Bertz CT molecular complexity index is 260. The average Bonchev–Trinajstić information content (AvgIpc) is 2.23. The van der Waals surface area contributed by atoms with Crippen LogP contribution in [0.5, 0.6) is 0 Å². The monoisotopic (exact) mass is 229 g/mol. The molecule has 1 heterocycles. The van der Waals surface area contributed by atoms with Crippen LogP contribution in [0.3, 0.4) is 0 Å². The topological polar surface area (TPSA) is 58.8 Å². The molecule has 1 amide bonds. The minimum absolute atomic E-state index is 0.387. The summed E-state index contributed by atoms with van der Waals surface area (Å²) in [6.07, 6.45) is 0. The number of likely N-dealkylation sites (N-methyl/N-ethyl adjacent to an activating group) is 1. The van der Waals surface area contributed by atoms with E-state index in [0.29, 0.717) is 12.1 Å². The largest absolute Gasteiger partial charge is 0.366 e. The minimum atomic E-state index is -0.996. The first-order valence-electron chi connectivity index (χ1n) is 5.65. The van der Waals surface area contributed by atoms with E-state index in [2.05, 4.69) is 25.8 Å². The lowest BCUT2D eigenvalue weighted by molar-refractivity contribution is -0.173. The molecule has 0 saturated carbocycles. The Morgan fingerprint density at radius 2 is 1.81 bits per heavy atom. The van der Waals surface area contributed by atoms with Crippen molar-refractivity contribution in [2.75, 3.05) is 27.2 Å². The van der Waals surface area contributed by atoms with Crippen molar-refractivity contribution in [3.63, 3.8) is 0 Å². The number of hydrogen-bond donors (Lipinski definition) is 1. The summed E-state index contributed by atoms with van der Waals surface area (Å²) in [4.78, 5) is 15.8. The van der Waals surface area contributed by atoms with Gasteiger partial charge in [-0.3, -0.25) is 14.6 Å². The Morgan fingerprint density at radius 1 is 1.38 bits per heavy atom. The molecule has 3 atom stereocenters. The number of ether oxygens (including phenoxy) is 1. The molecule has 2 N–H and O–H groups in total. The van der Waals surface area contributed by atoms with Crippen molar-refractivity contribution in [2.45, 2.75) is 38.6 Å². The van der Waals surface area contributed by atoms with E-state index < -0.39 is 11.6 Å². The first-order chi connectivity index (χ1) is 7.32. The van der Waals surface area contributed by atoms with Crippen molar-refractivity contribution in [1.29, 1.82) is 0 Å². The molecule has 0 aliphatic carbocycles. The summed E-state index contributed by atoms with van der Waals surface area (Å²) < 4.78 is 5.30. The zero-order valence-corrected chi connectivity index (χ0v) is 10.9. The Balaban J connectivity index is 2.85. The van der Waals surface area contributed by atoms with E-state index in [1.807, 2.05) is 4.90 Å². The van der Waals surface area contributed by atoms with E-state index >= 15 is 0 Å². The highest BCUT2D eigenvalue weighted by atomic mass is 16.5. The third-order valence-corrected chi connectivity index (χ3v) is 3.82. The first-order valence-corrected chi connectivity index (χ1v) is 5.65. The maximum absolute atomic E-state index is 11.5. The lowest BCUT2D eigenvalue weighted by Crippen LogP contribution is -2.65. The maximum atomic E-state index is 11.5. The van der Waals surface area contributed by atoms with Gasteiger partial charge in [-0.25, -0.2) is 0 Å². The molecule has 1 aliphatic rings. The molecule has 5 heteroatoms. The molecule has 0 aromatic rings. The van der Waals surface area contributed by atoms with Crippen molar-refractivity contribution in [3.05, 3.63) is 0 Å². The zero-order valence-electron chi connectivity index (χ0n) is 10.9. The molecule has 5 nitrogen and oxygen atoms in total. The predicted octanol–water partition coefficient (Wildman–Crippen LogP) is -0.141. The number of carbonyl (C=O) groups excluding carboxylic acids is 1. The number of piperazine rings is 1. The van der Waals surface area contributed by atoms with Crippen molar-refractivity contribution in [2.24, 2.45) is 5.73 Å². The number of nitrogens with zero attached hydrogens (tertiary/aromatic N) is 2. The molecular weight excluding hydrogens is 206 g/mol. The van der Waals surface area contributed by atoms with E-state index in [0.717, 1.165) is 13.1 Å². The molecule has 0 bridgehead atoms. The molecule has 1 aliphatic heterocycles. The SMILES string of the molecule is COC(C)(C(N)=O)N1C[C@H](C)N(C)[C@@H](C)C1. The van der Waals surface area contributed by atoms with Gasteiger partial charge in [0.1, 0.15) is 0 Å². The van der Waals surface area contributed by atoms with Gasteiger partial charge in [-0.05, 0) is 27.8 Å². The molecule has 1 rings (SSSR count). The Hall–Kier alpha value is -0.650. The van der Waals surface area contributed by atoms with Crippen LogP contribution in [0, 0.1) is 0 Å². The van der Waals surface area contributed by atoms with Gasteiger partial charge in [-0.2, -0.15) is 0 Å². The molecule has 1 saturated heterocycles. The first kappa shape index (κ1) is 13.4. The summed E-state index contributed by atoms with van der Waals surface area (Å²) in [5.41, 5.74) is 4.42. The fraction of sp³-hybridized carbons (Fsp3) is 0.909. The lowest BCUT2D eigenvalue weighted by Gasteiger charge is -2.48. The van der Waals surface area contributed by atoms with Crippen LogP contribution in [0.15, 0.2) is 0 Å². The number of rotatable bonds is 3. The molecule has 94 valence electrons. The summed E-state index contributed by atoms with van der Waals surface area (Å²) in [5.74, 6) is -0.432. The quantitative estimate of drug-likeness (QED) is 0.732. The Labute approximate surface area is 97.5 Å². The predicted molar refractivity (Wildman–Crippen MR) is 62.9 cm³/mol. The van der Waals surface area contributed by atoms with Gasteiger partial charge in [0.2, 0.25) is 0 Å². The van der Waals surface area contributed by atoms with Crippen molar-refractivity contribution in [1.82, 2.24) is 9.80 Å². The number of nitrogens with two attached hydrogens (primary N) is 1. The summed E-state index contributed by atoms with van der Waals surface area (Å²) in [7, 11) is 3.62. The van der Waals surface area contributed by atoms with Crippen LogP contribution in [-0.4, -0.2) is 60.8 Å². The highest BCUT2D eigenvalue weighted by Gasteiger charge is 2.42. The second-order valence-electron chi connectivity index (χ2n) is 4.82. The molecule has 0 aromatic carbocycles. The van der Waals surface area contributed by atoms with Crippen LogP contribution in [0.25, 0.3) is 0 Å². The van der Waals surface area contributed by atoms with E-state index in [9.17, 15) is 4.79 Å². The zero-order chi connectivity index (χ0) is 12.5. The highest BCUT2D eigenvalue weighted by Crippen LogP contribution is 2.22. The van der Waals surface area contributed by atoms with Crippen LogP contribution < -0.4 is 5.73 Å². The normalized spacial score (nSPS) is 32.3. The third-order valence-electron chi connectivity index (χ3n) is 3.82. The molecule has 0 radical (unpaired) electrons. The van der Waals surface area contributed by atoms with Gasteiger partial charge in [0.15, 0.2) is 5.72 Å². The number of amides is 1. The summed E-state index contributed by atoms with van der Waals surface area (Å²) in [6, 6.07) is 0.773. The van der Waals surface area contributed by atoms with Crippen LogP contribution in [0.1, 0.15) is 20.8 Å². The molecule has 0 spiro atoms. The number of primary amides is 1. The summed E-state index contributed by atoms with van der Waals surface area (Å²) in [5, 5.41) is 0. The number of methoxy groups -OCH3 is 1. The van der Waals surface area contributed by atoms with Gasteiger partial charge in [0.25, 0.3) is 5.91 Å². The minimum Gasteiger partial charge on any atom is -0.366 e. The molecule has 0 aromatic heterocycles. The second-order valence-corrected chi connectivity index (χ2v) is 4.82. The van der Waals surface area contributed by atoms with Gasteiger partial charge >= 0.3 is 0 Å². The fourth-order valence-corrected chi connectivity index (χ4v) is 2.14. The number of carbonyl (C=O) groups is 1. The second kappa shape index (κ2) is 4.69. The third kappa shape index (κ3) is 2.21. The van der Waals surface area contributed by atoms with Crippen LogP contribution >= 0.6 is 0 Å². The van der Waals surface area contributed by atoms with E-state index in [1.54, 1.807) is 6.92 Å². The Kier molecular flexibility index (Phi) is 3.93. The van der Waals surface area contributed by atoms with E-state index in [-0.39, 0.29) is 0 Å². The smallest absolute Gasteiger partial charge is 0.264 e. The summed E-state index contributed by atoms with van der Waals surface area (Å²) >= 11 is 0. The molecule has 1 unspecified atom stereocenters. The Morgan fingerprint density at radius 3 is 2.12 bits per heavy atom. The van der Waals surface area contributed by atoms with Crippen molar-refractivity contribution < 1.29 is 9.53 Å². The summed E-state index contributed by atoms with van der Waals surface area (Å²) in [6.45, 7) is 7.59. The van der Waals surface area contributed by atoms with E-state index in [4.69, 9.17) is 10.5 Å². The average molecular weight is 229 g/mol. The maximum Gasteiger partial charge on any atom is 0.264 e. The fourth-order valence-electron chi connectivity index (χ4n) is 2.14. The number of hydrogen-bond acceptors (Lipinski definition) is 4. The van der Waals surface area contributed by atoms with Crippen LogP contribution in [0.4, 0.5) is 0 Å². The molecule has 16 heavy (non-hydrogen) atoms. The van der Waals surface area contributed by atoms with Gasteiger partial charge in [-0.15, -0.1) is 0 Å². The van der Waals surface area contributed by atoms with E-state index in [1.165, 1.54) is 7.11 Å². The standard InChI is InChI=1S/C11H23N3O2/c1-8-6-14(7-9(2)13(8)4)11(3,16-5)10(12)15/h8-9H,6-7H2,1-5H3,(H2,12,15)/t8-,9-,11?/m0/s1. The van der Waals surface area contributed by atoms with Gasteiger partial charge in [0.05, 0.1) is 0 Å². The van der Waals surface area contributed by atoms with Crippen LogP contribution in [-0.2, 0) is 9.53 Å². The van der Waals surface area contributed by atoms with Crippen LogP contribution in [0.2, 0.25) is 0 Å². The van der Waals surface area contributed by atoms with Crippen molar-refractivity contribution in [3.8, 4) is 0 Å². The van der Waals surface area contributed by atoms with Gasteiger partial charge in [0, 0.05) is 32.3 Å². The highest BCUT2D eigenvalue weighted by molar-refractivity contribution is 5.82. The lowest BCUT2D eigenvalue weighted by atomic mass is 10.0. The van der Waals surface area contributed by atoms with Crippen molar-refractivity contribution >= 4 is 5.91 Å². The molecular formula is C11H23N3O2.